The lowest BCUT2D eigenvalue weighted by Gasteiger charge is -2.17. The number of benzene rings is 1. The molecule has 2 N–H and O–H groups in total. The van der Waals surface area contributed by atoms with Crippen molar-refractivity contribution in [3.8, 4) is 0 Å². The van der Waals surface area contributed by atoms with Crippen LogP contribution < -0.4 is 5.73 Å². The minimum absolute atomic E-state index is 0.211. The fraction of sp³-hybridized carbons (Fsp3) is 0.455. The van der Waals surface area contributed by atoms with Crippen molar-refractivity contribution in [3.63, 3.8) is 0 Å². The van der Waals surface area contributed by atoms with Gasteiger partial charge >= 0.3 is 0 Å². The highest BCUT2D eigenvalue weighted by molar-refractivity contribution is 6.31. The van der Waals surface area contributed by atoms with Crippen LogP contribution in [0.3, 0.4) is 0 Å². The lowest BCUT2D eigenvalue weighted by molar-refractivity contribution is 0.699. The van der Waals surface area contributed by atoms with E-state index in [0.29, 0.717) is 0 Å². The summed E-state index contributed by atoms with van der Waals surface area (Å²) in [5.74, 6) is 0. The van der Waals surface area contributed by atoms with E-state index in [1.54, 1.807) is 0 Å². The van der Waals surface area contributed by atoms with Crippen LogP contribution in [0, 0.1) is 6.92 Å². The van der Waals surface area contributed by atoms with Crippen molar-refractivity contribution in [2.24, 2.45) is 5.73 Å². The minimum Gasteiger partial charge on any atom is -0.330 e. The van der Waals surface area contributed by atoms with Crippen molar-refractivity contribution in [2.45, 2.75) is 25.2 Å². The number of hydrogen-bond donors (Lipinski definition) is 1. The van der Waals surface area contributed by atoms with E-state index in [9.17, 15) is 0 Å². The Morgan fingerprint density at radius 2 is 2.15 bits per heavy atom. The summed E-state index contributed by atoms with van der Waals surface area (Å²) in [7, 11) is 0. The van der Waals surface area contributed by atoms with Gasteiger partial charge in [-0.15, -0.1) is 0 Å². The van der Waals surface area contributed by atoms with Crippen LogP contribution in [0.2, 0.25) is 5.02 Å². The summed E-state index contributed by atoms with van der Waals surface area (Å²) in [6.45, 7) is 2.83. The predicted octanol–water partition coefficient (Wildman–Crippen LogP) is 2.64. The molecule has 0 radical (unpaired) electrons. The smallest absolute Gasteiger partial charge is 0.0446 e. The molecule has 0 aliphatic heterocycles. The van der Waals surface area contributed by atoms with Crippen LogP contribution >= 0.6 is 11.6 Å². The van der Waals surface area contributed by atoms with E-state index in [-0.39, 0.29) is 5.41 Å². The molecule has 0 heterocycles. The van der Waals surface area contributed by atoms with Crippen molar-refractivity contribution in [1.82, 2.24) is 0 Å². The van der Waals surface area contributed by atoms with Gasteiger partial charge in [-0.2, -0.15) is 0 Å². The normalized spacial score (nSPS) is 18.7. The molecule has 0 saturated heterocycles. The molecule has 1 aliphatic rings. The maximum Gasteiger partial charge on any atom is 0.0446 e. The van der Waals surface area contributed by atoms with Gasteiger partial charge in [-0.1, -0.05) is 23.7 Å². The van der Waals surface area contributed by atoms with Crippen molar-refractivity contribution in [3.05, 3.63) is 34.3 Å². The van der Waals surface area contributed by atoms with Gasteiger partial charge in [-0.3, -0.25) is 0 Å². The average molecular weight is 196 g/mol. The van der Waals surface area contributed by atoms with Crippen molar-refractivity contribution >= 4 is 11.6 Å². The summed E-state index contributed by atoms with van der Waals surface area (Å²) in [6.07, 6.45) is 2.38. The fourth-order valence-electron chi connectivity index (χ4n) is 2.01. The molecule has 13 heavy (non-hydrogen) atoms. The second-order valence-electron chi connectivity index (χ2n) is 3.92. The van der Waals surface area contributed by atoms with E-state index >= 15 is 0 Å². The summed E-state index contributed by atoms with van der Waals surface area (Å²) in [4.78, 5) is 0. The third kappa shape index (κ3) is 1.36. The molecule has 0 atom stereocenters. The quantitative estimate of drug-likeness (QED) is 0.772. The van der Waals surface area contributed by atoms with Crippen LogP contribution in [0.25, 0.3) is 0 Å². The Kier molecular flexibility index (Phi) is 2.09. The molecule has 1 aromatic rings. The van der Waals surface area contributed by atoms with E-state index < -0.39 is 0 Å². The molecule has 0 unspecified atom stereocenters. The van der Waals surface area contributed by atoms with Crippen LogP contribution in [0.5, 0.6) is 0 Å². The van der Waals surface area contributed by atoms with E-state index in [4.69, 9.17) is 17.3 Å². The van der Waals surface area contributed by atoms with Crippen LogP contribution in [-0.2, 0) is 5.41 Å². The Bertz CT molecular complexity index is 309. The van der Waals surface area contributed by atoms with Gasteiger partial charge in [-0.25, -0.2) is 0 Å². The van der Waals surface area contributed by atoms with Crippen LogP contribution in [0.15, 0.2) is 18.2 Å². The highest BCUT2D eigenvalue weighted by Crippen LogP contribution is 2.50. The van der Waals surface area contributed by atoms with Gasteiger partial charge in [0, 0.05) is 17.0 Å². The van der Waals surface area contributed by atoms with Crippen molar-refractivity contribution in [2.75, 3.05) is 6.54 Å². The van der Waals surface area contributed by atoms with Gasteiger partial charge in [-0.05, 0) is 37.0 Å². The third-order valence-electron chi connectivity index (χ3n) is 3.00. The fourth-order valence-corrected chi connectivity index (χ4v) is 2.43. The third-order valence-corrected chi connectivity index (χ3v) is 3.31. The summed E-state index contributed by atoms with van der Waals surface area (Å²) < 4.78 is 0. The number of nitrogens with two attached hydrogens (primary N) is 1. The molecule has 1 aliphatic carbocycles. The monoisotopic (exact) mass is 195 g/mol. The van der Waals surface area contributed by atoms with Gasteiger partial charge in [0.1, 0.15) is 0 Å². The number of rotatable bonds is 2. The highest BCUT2D eigenvalue weighted by atomic mass is 35.5. The Morgan fingerprint density at radius 1 is 1.46 bits per heavy atom. The van der Waals surface area contributed by atoms with Crippen molar-refractivity contribution in [1.29, 1.82) is 0 Å². The van der Waals surface area contributed by atoms with Gasteiger partial charge in [0.2, 0.25) is 0 Å². The molecule has 2 rings (SSSR count). The minimum atomic E-state index is 0.211. The summed E-state index contributed by atoms with van der Waals surface area (Å²) in [6, 6.07) is 6.06. The largest absolute Gasteiger partial charge is 0.330 e. The van der Waals surface area contributed by atoms with Crippen LogP contribution in [0.4, 0.5) is 0 Å². The zero-order valence-electron chi connectivity index (χ0n) is 7.81. The lowest BCUT2D eigenvalue weighted by Crippen LogP contribution is -2.21. The molecular weight excluding hydrogens is 182 g/mol. The first-order valence-electron chi connectivity index (χ1n) is 4.65. The van der Waals surface area contributed by atoms with E-state index in [1.807, 2.05) is 12.1 Å². The van der Waals surface area contributed by atoms with Gasteiger partial charge < -0.3 is 5.73 Å². The second-order valence-corrected chi connectivity index (χ2v) is 4.32. The van der Waals surface area contributed by atoms with Gasteiger partial charge in [0.05, 0.1) is 0 Å². The summed E-state index contributed by atoms with van der Waals surface area (Å²) in [5, 5.41) is 0.878. The number of hydrogen-bond acceptors (Lipinski definition) is 1. The molecule has 1 saturated carbocycles. The topological polar surface area (TPSA) is 26.0 Å². The first kappa shape index (κ1) is 9.04. The van der Waals surface area contributed by atoms with Crippen LogP contribution in [0.1, 0.15) is 24.0 Å². The molecule has 1 aromatic carbocycles. The maximum absolute atomic E-state index is 6.18. The molecule has 2 heteroatoms. The molecule has 0 spiro atoms. The molecule has 0 aromatic heterocycles. The summed E-state index contributed by atoms with van der Waals surface area (Å²) in [5.41, 5.74) is 8.54. The van der Waals surface area contributed by atoms with Crippen LogP contribution in [-0.4, -0.2) is 6.54 Å². The van der Waals surface area contributed by atoms with E-state index in [1.165, 1.54) is 24.0 Å². The average Bonchev–Trinajstić information content (AvgIpc) is 2.85. The standard InChI is InChI=1S/C11H14ClN/c1-8-3-2-4-9(12)10(8)11(7-13)5-6-11/h2-4H,5-7,13H2,1H3. The Labute approximate surface area is 83.9 Å². The maximum atomic E-state index is 6.18. The molecule has 1 nitrogen and oxygen atoms in total. The zero-order valence-corrected chi connectivity index (χ0v) is 8.56. The Morgan fingerprint density at radius 3 is 2.62 bits per heavy atom. The predicted molar refractivity (Wildman–Crippen MR) is 56.2 cm³/mol. The second kappa shape index (κ2) is 3.00. The molecule has 70 valence electrons. The molecule has 1 fully saturated rings. The van der Waals surface area contributed by atoms with E-state index in [0.717, 1.165) is 11.6 Å². The first-order chi connectivity index (χ1) is 6.19. The van der Waals surface area contributed by atoms with Gasteiger partial charge in [0.25, 0.3) is 0 Å². The SMILES string of the molecule is Cc1cccc(Cl)c1C1(CN)CC1. The molecule has 0 bridgehead atoms. The highest BCUT2D eigenvalue weighted by Gasteiger charge is 2.44. The van der Waals surface area contributed by atoms with Crippen molar-refractivity contribution < 1.29 is 0 Å². The number of halogens is 1. The lowest BCUT2D eigenvalue weighted by atomic mass is 9.92. The summed E-state index contributed by atoms with van der Waals surface area (Å²) >= 11 is 6.18. The number of aryl methyl sites for hydroxylation is 1. The van der Waals surface area contributed by atoms with Gasteiger partial charge in [0.15, 0.2) is 0 Å². The molecule has 0 amide bonds. The Balaban J connectivity index is 2.50. The molecular formula is C11H14ClN. The first-order valence-corrected chi connectivity index (χ1v) is 5.03. The Hall–Kier alpha value is -0.530. The zero-order chi connectivity index (χ0) is 9.47. The van der Waals surface area contributed by atoms with E-state index in [2.05, 4.69) is 13.0 Å².